The first-order valence-corrected chi connectivity index (χ1v) is 7.91. The van der Waals surface area contributed by atoms with Crippen molar-refractivity contribution in [2.75, 3.05) is 6.54 Å². The summed E-state index contributed by atoms with van der Waals surface area (Å²) >= 11 is 5.40. The van der Waals surface area contributed by atoms with Crippen LogP contribution in [0.15, 0.2) is 0 Å². The Morgan fingerprint density at radius 3 is 2.75 bits per heavy atom. The van der Waals surface area contributed by atoms with Crippen molar-refractivity contribution >= 4 is 12.2 Å². The number of likely N-dealkylation sites (tertiary alicyclic amines) is 1. The topological polar surface area (TPSA) is 46.2 Å². The fraction of sp³-hybridized carbons (Fsp3) is 0.857. The van der Waals surface area contributed by atoms with Gasteiger partial charge in [-0.3, -0.25) is 4.90 Å². The zero-order valence-corrected chi connectivity index (χ0v) is 13.6. The number of piperidine rings is 1. The van der Waals surface area contributed by atoms with Gasteiger partial charge in [-0.1, -0.05) is 20.3 Å². The summed E-state index contributed by atoms with van der Waals surface area (Å²) in [7, 11) is 1.86. The minimum absolute atomic E-state index is 0.0669. The van der Waals surface area contributed by atoms with E-state index < -0.39 is 0 Å². The Kier molecular flexibility index (Phi) is 5.35. The van der Waals surface area contributed by atoms with E-state index in [1.165, 1.54) is 25.7 Å². The van der Waals surface area contributed by atoms with Crippen molar-refractivity contribution in [1.29, 1.82) is 0 Å². The van der Waals surface area contributed by atoms with Gasteiger partial charge in [-0.15, -0.1) is 0 Å². The lowest BCUT2D eigenvalue weighted by Gasteiger charge is -2.36. The smallest absolute Gasteiger partial charge is 0.198 e. The van der Waals surface area contributed by atoms with Gasteiger partial charge in [-0.05, 0) is 37.4 Å². The lowest BCUT2D eigenvalue weighted by Crippen LogP contribution is -2.41. The minimum Gasteiger partial charge on any atom is -0.388 e. The molecular formula is C14H26N4OS. The van der Waals surface area contributed by atoms with Crippen LogP contribution in [0.2, 0.25) is 0 Å². The fourth-order valence-corrected chi connectivity index (χ4v) is 3.20. The van der Waals surface area contributed by atoms with Gasteiger partial charge in [0.2, 0.25) is 0 Å². The van der Waals surface area contributed by atoms with E-state index in [-0.39, 0.29) is 6.61 Å². The maximum absolute atomic E-state index is 9.28. The molecule has 1 aliphatic rings. The molecule has 1 fully saturated rings. The maximum Gasteiger partial charge on any atom is 0.198 e. The molecule has 6 heteroatoms. The lowest BCUT2D eigenvalue weighted by atomic mass is 9.94. The molecule has 0 aromatic carbocycles. The average molecular weight is 298 g/mol. The van der Waals surface area contributed by atoms with Crippen molar-refractivity contribution in [2.24, 2.45) is 13.0 Å². The van der Waals surface area contributed by atoms with Crippen molar-refractivity contribution in [3.05, 3.63) is 10.6 Å². The van der Waals surface area contributed by atoms with Crippen LogP contribution in [0.3, 0.4) is 0 Å². The summed E-state index contributed by atoms with van der Waals surface area (Å²) in [5, 5.41) is 13.7. The van der Waals surface area contributed by atoms with E-state index in [0.717, 1.165) is 13.2 Å². The normalized spacial score (nSPS) is 20.8. The maximum atomic E-state index is 9.28. The van der Waals surface area contributed by atoms with Crippen LogP contribution in [0, 0.1) is 10.7 Å². The molecule has 1 aromatic rings. The number of rotatable bonds is 5. The predicted molar refractivity (Wildman–Crippen MR) is 81.8 cm³/mol. The first kappa shape index (κ1) is 15.7. The first-order chi connectivity index (χ1) is 9.52. The molecule has 1 aromatic heterocycles. The summed E-state index contributed by atoms with van der Waals surface area (Å²) in [6.07, 6.45) is 5.07. The summed E-state index contributed by atoms with van der Waals surface area (Å²) in [4.78, 5) is 2.49. The molecule has 0 radical (unpaired) electrons. The molecule has 1 atom stereocenters. The van der Waals surface area contributed by atoms with E-state index in [1.807, 2.05) is 11.7 Å². The number of aromatic nitrogens is 3. The second-order valence-electron chi connectivity index (χ2n) is 6.15. The molecule has 114 valence electrons. The molecule has 2 rings (SSSR count). The van der Waals surface area contributed by atoms with Gasteiger partial charge in [-0.25, -0.2) is 4.68 Å². The van der Waals surface area contributed by atoms with Crippen LogP contribution in [0.25, 0.3) is 0 Å². The van der Waals surface area contributed by atoms with E-state index in [4.69, 9.17) is 12.2 Å². The molecule has 5 nitrogen and oxygen atoms in total. The minimum atomic E-state index is -0.0669. The quantitative estimate of drug-likeness (QED) is 0.847. The Hall–Kier alpha value is -0.720. The Labute approximate surface area is 126 Å². The average Bonchev–Trinajstić information content (AvgIpc) is 2.68. The second kappa shape index (κ2) is 6.83. The number of nitrogens with zero attached hydrogens (tertiary/aromatic N) is 4. The molecule has 0 saturated carbocycles. The Bertz CT molecular complexity index is 494. The first-order valence-electron chi connectivity index (χ1n) is 7.50. The third kappa shape index (κ3) is 3.48. The van der Waals surface area contributed by atoms with Crippen molar-refractivity contribution in [1.82, 2.24) is 19.2 Å². The van der Waals surface area contributed by atoms with Crippen LogP contribution in [0.5, 0.6) is 0 Å². The molecule has 2 heterocycles. The highest BCUT2D eigenvalue weighted by atomic mass is 32.1. The van der Waals surface area contributed by atoms with E-state index in [9.17, 15) is 5.11 Å². The highest BCUT2D eigenvalue weighted by molar-refractivity contribution is 7.71. The SMILES string of the molecule is CC(C)CC1CCCCN1Cn1nc(CO)n(C)c1=S. The third-order valence-corrected chi connectivity index (χ3v) is 4.57. The molecule has 0 bridgehead atoms. The molecule has 1 unspecified atom stereocenters. The molecule has 20 heavy (non-hydrogen) atoms. The number of hydrogen-bond acceptors (Lipinski definition) is 4. The summed E-state index contributed by atoms with van der Waals surface area (Å²) in [5.41, 5.74) is 0. The molecular weight excluding hydrogens is 272 g/mol. The standard InChI is InChI=1S/C14H26N4OS/c1-11(2)8-12-6-4-5-7-17(12)10-18-14(20)16(3)13(9-19)15-18/h11-12,19H,4-10H2,1-3H3. The van der Waals surface area contributed by atoms with Crippen molar-refractivity contribution in [3.8, 4) is 0 Å². The van der Waals surface area contributed by atoms with Gasteiger partial charge in [0.25, 0.3) is 0 Å². The molecule has 1 aliphatic heterocycles. The monoisotopic (exact) mass is 298 g/mol. The van der Waals surface area contributed by atoms with Gasteiger partial charge in [0.05, 0.1) is 6.67 Å². The molecule has 0 spiro atoms. The number of aliphatic hydroxyl groups excluding tert-OH is 1. The van der Waals surface area contributed by atoms with Crippen molar-refractivity contribution in [3.63, 3.8) is 0 Å². The summed E-state index contributed by atoms with van der Waals surface area (Å²) < 4.78 is 4.32. The van der Waals surface area contributed by atoms with Crippen LogP contribution in [0.4, 0.5) is 0 Å². The summed E-state index contributed by atoms with van der Waals surface area (Å²) in [6.45, 7) is 6.35. The Morgan fingerprint density at radius 1 is 1.40 bits per heavy atom. The predicted octanol–water partition coefficient (Wildman–Crippen LogP) is 2.30. The van der Waals surface area contributed by atoms with Crippen LogP contribution in [0.1, 0.15) is 45.4 Å². The van der Waals surface area contributed by atoms with E-state index >= 15 is 0 Å². The van der Waals surface area contributed by atoms with E-state index in [0.29, 0.717) is 22.6 Å². The van der Waals surface area contributed by atoms with Gasteiger partial charge < -0.3 is 9.67 Å². The second-order valence-corrected chi connectivity index (χ2v) is 6.51. The lowest BCUT2D eigenvalue weighted by molar-refractivity contribution is 0.0885. The fourth-order valence-electron chi connectivity index (χ4n) is 2.99. The van der Waals surface area contributed by atoms with Crippen LogP contribution in [-0.2, 0) is 20.3 Å². The Balaban J connectivity index is 2.12. The molecule has 1 N–H and O–H groups in total. The highest BCUT2D eigenvalue weighted by Crippen LogP contribution is 2.23. The van der Waals surface area contributed by atoms with Gasteiger partial charge in [-0.2, -0.15) is 5.10 Å². The van der Waals surface area contributed by atoms with Crippen molar-refractivity contribution in [2.45, 2.75) is 58.8 Å². The van der Waals surface area contributed by atoms with Gasteiger partial charge in [0.1, 0.15) is 6.61 Å². The molecule has 0 aliphatic carbocycles. The summed E-state index contributed by atoms with van der Waals surface area (Å²) in [5.74, 6) is 1.35. The number of aliphatic hydroxyl groups is 1. The zero-order chi connectivity index (χ0) is 14.7. The molecule has 0 amide bonds. The largest absolute Gasteiger partial charge is 0.388 e. The van der Waals surface area contributed by atoms with Crippen molar-refractivity contribution < 1.29 is 5.11 Å². The van der Waals surface area contributed by atoms with Gasteiger partial charge in [0, 0.05) is 19.6 Å². The van der Waals surface area contributed by atoms with Crippen LogP contribution >= 0.6 is 12.2 Å². The van der Waals surface area contributed by atoms with E-state index in [2.05, 4.69) is 23.8 Å². The number of hydrogen-bond donors (Lipinski definition) is 1. The van der Waals surface area contributed by atoms with Gasteiger partial charge in [0.15, 0.2) is 10.6 Å². The van der Waals surface area contributed by atoms with E-state index in [1.54, 1.807) is 4.57 Å². The van der Waals surface area contributed by atoms with Crippen LogP contribution < -0.4 is 0 Å². The summed E-state index contributed by atoms with van der Waals surface area (Å²) in [6, 6.07) is 0.630. The Morgan fingerprint density at radius 2 is 2.15 bits per heavy atom. The molecule has 1 saturated heterocycles. The highest BCUT2D eigenvalue weighted by Gasteiger charge is 2.24. The zero-order valence-electron chi connectivity index (χ0n) is 12.7. The van der Waals surface area contributed by atoms with Gasteiger partial charge >= 0.3 is 0 Å². The van der Waals surface area contributed by atoms with Crippen LogP contribution in [-0.4, -0.2) is 36.9 Å². The third-order valence-electron chi connectivity index (χ3n) is 4.08.